The second-order valence-electron chi connectivity index (χ2n) is 9.09. The van der Waals surface area contributed by atoms with Gasteiger partial charge in [0, 0.05) is 29.1 Å². The molecule has 0 aliphatic rings. The molecular weight excluding hydrogens is 531 g/mol. The van der Waals surface area contributed by atoms with E-state index < -0.39 is 28.7 Å². The van der Waals surface area contributed by atoms with Gasteiger partial charge in [0.2, 0.25) is 5.95 Å². The number of aliphatic hydroxyl groups excluding tert-OH is 1. The van der Waals surface area contributed by atoms with Crippen LogP contribution in [-0.4, -0.2) is 50.7 Å². The molecule has 41 heavy (non-hydrogen) atoms. The van der Waals surface area contributed by atoms with Crippen molar-refractivity contribution in [3.63, 3.8) is 0 Å². The lowest BCUT2D eigenvalue weighted by Crippen LogP contribution is -2.25. The van der Waals surface area contributed by atoms with Crippen molar-refractivity contribution in [1.82, 2.24) is 19.4 Å². The maximum Gasteiger partial charge on any atom is 0.256 e. The highest BCUT2D eigenvalue weighted by Gasteiger charge is 2.21. The Hall–Kier alpha value is -4.18. The molecule has 0 fully saturated rings. The number of para-hydroxylation sites is 1. The third-order valence-corrected chi connectivity index (χ3v) is 6.67. The zero-order valence-corrected chi connectivity index (χ0v) is 24.1. The molecule has 7 nitrogen and oxygen atoms in total. The second-order valence-corrected chi connectivity index (χ2v) is 9.09. The standard InChI is InChI=1S/C29H30F3N5O2.C2H6/c1-5-36(6-2)14-8-13-33-29-34-26(21-15-19(18(4)38)16-24(32)17(21)3)20-11-12-25(39)37(28(20)35-29)27-22(30)9-7-10-23(27)31;1-2/h7,9-12,15-16,38H,4-6,8,13-14H2,1-3H3,(H,33,34,35);1-2H3. The van der Waals surface area contributed by atoms with E-state index in [1.165, 1.54) is 18.2 Å². The number of aromatic nitrogens is 3. The number of rotatable bonds is 10. The monoisotopic (exact) mass is 567 g/mol. The van der Waals surface area contributed by atoms with Crippen molar-refractivity contribution in [2.45, 2.75) is 41.0 Å². The molecule has 10 heteroatoms. The summed E-state index contributed by atoms with van der Waals surface area (Å²) in [7, 11) is 0. The number of hydrogen-bond acceptors (Lipinski definition) is 6. The predicted molar refractivity (Wildman–Crippen MR) is 159 cm³/mol. The molecule has 0 bridgehead atoms. The van der Waals surface area contributed by atoms with Crippen LogP contribution in [0.2, 0.25) is 0 Å². The molecule has 2 heterocycles. The van der Waals surface area contributed by atoms with Crippen LogP contribution in [0, 0.1) is 24.4 Å². The van der Waals surface area contributed by atoms with E-state index in [2.05, 4.69) is 40.6 Å². The first kappa shape index (κ1) is 31.3. The van der Waals surface area contributed by atoms with Crippen LogP contribution in [0.15, 0.2) is 53.8 Å². The lowest BCUT2D eigenvalue weighted by Gasteiger charge is -2.18. The van der Waals surface area contributed by atoms with E-state index in [9.17, 15) is 23.1 Å². The van der Waals surface area contributed by atoms with Gasteiger partial charge in [-0.3, -0.25) is 9.36 Å². The Morgan fingerprint density at radius 2 is 1.68 bits per heavy atom. The number of nitrogens with one attached hydrogen (secondary N) is 1. The molecule has 0 aliphatic carbocycles. The van der Waals surface area contributed by atoms with Crippen molar-refractivity contribution in [2.24, 2.45) is 0 Å². The Kier molecular flexibility index (Phi) is 10.7. The maximum atomic E-state index is 14.9. The average molecular weight is 568 g/mol. The molecule has 4 rings (SSSR count). The van der Waals surface area contributed by atoms with E-state index in [0.717, 1.165) is 54.9 Å². The van der Waals surface area contributed by atoms with Crippen molar-refractivity contribution in [3.8, 4) is 16.9 Å². The minimum Gasteiger partial charge on any atom is -0.508 e. The van der Waals surface area contributed by atoms with E-state index in [1.54, 1.807) is 6.92 Å². The summed E-state index contributed by atoms with van der Waals surface area (Å²) in [5, 5.41) is 13.4. The molecule has 0 radical (unpaired) electrons. The van der Waals surface area contributed by atoms with Gasteiger partial charge in [-0.2, -0.15) is 4.98 Å². The topological polar surface area (TPSA) is 83.3 Å². The number of anilines is 1. The van der Waals surface area contributed by atoms with Crippen molar-refractivity contribution in [3.05, 3.63) is 88.0 Å². The van der Waals surface area contributed by atoms with Crippen LogP contribution >= 0.6 is 0 Å². The molecule has 218 valence electrons. The van der Waals surface area contributed by atoms with Gasteiger partial charge >= 0.3 is 0 Å². The fraction of sp³-hybridized carbons (Fsp3) is 0.323. The zero-order valence-electron chi connectivity index (χ0n) is 24.1. The third kappa shape index (κ3) is 6.77. The van der Waals surface area contributed by atoms with Crippen LogP contribution in [-0.2, 0) is 0 Å². The third-order valence-electron chi connectivity index (χ3n) is 6.67. The van der Waals surface area contributed by atoms with Gasteiger partial charge in [-0.15, -0.1) is 0 Å². The van der Waals surface area contributed by atoms with Gasteiger partial charge < -0.3 is 15.3 Å². The van der Waals surface area contributed by atoms with Crippen molar-refractivity contribution in [2.75, 3.05) is 31.5 Å². The van der Waals surface area contributed by atoms with Crippen LogP contribution < -0.4 is 10.9 Å². The minimum atomic E-state index is -0.945. The number of aliphatic hydroxyl groups is 1. The molecule has 0 unspecified atom stereocenters. The first-order chi connectivity index (χ1) is 19.7. The lowest BCUT2D eigenvalue weighted by atomic mass is 9.98. The molecule has 0 amide bonds. The summed E-state index contributed by atoms with van der Waals surface area (Å²) in [6, 6.07) is 8.56. The van der Waals surface area contributed by atoms with Gasteiger partial charge in [0.15, 0.2) is 5.65 Å². The van der Waals surface area contributed by atoms with Crippen LogP contribution in [0.3, 0.4) is 0 Å². The summed E-state index contributed by atoms with van der Waals surface area (Å²) in [4.78, 5) is 24.4. The summed E-state index contributed by atoms with van der Waals surface area (Å²) >= 11 is 0. The molecule has 2 aromatic carbocycles. The van der Waals surface area contributed by atoms with Gasteiger partial charge in [-0.1, -0.05) is 40.3 Å². The van der Waals surface area contributed by atoms with Gasteiger partial charge in [-0.05, 0) is 68.9 Å². The van der Waals surface area contributed by atoms with Crippen molar-refractivity contribution >= 4 is 22.7 Å². The van der Waals surface area contributed by atoms with E-state index >= 15 is 0 Å². The van der Waals surface area contributed by atoms with Crippen LogP contribution in [0.1, 0.15) is 45.2 Å². The molecule has 2 N–H and O–H groups in total. The van der Waals surface area contributed by atoms with E-state index in [-0.39, 0.29) is 39.6 Å². The summed E-state index contributed by atoms with van der Waals surface area (Å²) < 4.78 is 45.5. The van der Waals surface area contributed by atoms with Gasteiger partial charge in [0.1, 0.15) is 28.9 Å². The van der Waals surface area contributed by atoms with Crippen LogP contribution in [0.25, 0.3) is 33.7 Å². The first-order valence-corrected chi connectivity index (χ1v) is 13.7. The molecule has 4 aromatic rings. The molecular formula is C31H36F3N5O2. The SMILES string of the molecule is C=C(O)c1cc(F)c(C)c(-c2nc(NCCCN(CC)CC)nc3c2ccc(=O)n3-c2c(F)cccc2F)c1.CC. The largest absolute Gasteiger partial charge is 0.508 e. The highest BCUT2D eigenvalue weighted by Crippen LogP contribution is 2.33. The Labute approximate surface area is 238 Å². The molecule has 0 aliphatic heterocycles. The Morgan fingerprint density at radius 1 is 1.02 bits per heavy atom. The first-order valence-electron chi connectivity index (χ1n) is 13.7. The number of pyridine rings is 1. The molecule has 0 spiro atoms. The second kappa shape index (κ2) is 13.9. The fourth-order valence-electron chi connectivity index (χ4n) is 4.45. The highest BCUT2D eigenvalue weighted by molar-refractivity contribution is 5.93. The number of halogens is 3. The average Bonchev–Trinajstić information content (AvgIpc) is 2.96. The Bertz CT molecular complexity index is 1580. The molecule has 2 aromatic heterocycles. The molecule has 0 atom stereocenters. The van der Waals surface area contributed by atoms with Gasteiger partial charge in [-0.25, -0.2) is 18.2 Å². The smallest absolute Gasteiger partial charge is 0.256 e. The van der Waals surface area contributed by atoms with E-state index in [0.29, 0.717) is 12.1 Å². The Balaban J connectivity index is 0.00000226. The van der Waals surface area contributed by atoms with E-state index in [1.807, 2.05) is 13.8 Å². The fourth-order valence-corrected chi connectivity index (χ4v) is 4.45. The number of fused-ring (bicyclic) bond motifs is 1. The van der Waals surface area contributed by atoms with Crippen molar-refractivity contribution in [1.29, 1.82) is 0 Å². The number of hydrogen-bond donors (Lipinski definition) is 2. The predicted octanol–water partition coefficient (Wildman–Crippen LogP) is 6.87. The lowest BCUT2D eigenvalue weighted by molar-refractivity contribution is 0.303. The summed E-state index contributed by atoms with van der Waals surface area (Å²) in [5.41, 5.74) is -0.455. The summed E-state index contributed by atoms with van der Waals surface area (Å²) in [5.74, 6) is -2.74. The van der Waals surface area contributed by atoms with Crippen molar-refractivity contribution < 1.29 is 18.3 Å². The minimum absolute atomic E-state index is 0.0595. The Morgan fingerprint density at radius 3 is 2.29 bits per heavy atom. The normalized spacial score (nSPS) is 11.0. The van der Waals surface area contributed by atoms with Crippen LogP contribution in [0.4, 0.5) is 19.1 Å². The van der Waals surface area contributed by atoms with Crippen LogP contribution in [0.5, 0.6) is 0 Å². The highest BCUT2D eigenvalue weighted by atomic mass is 19.1. The molecule has 0 saturated carbocycles. The van der Waals surface area contributed by atoms with E-state index in [4.69, 9.17) is 0 Å². The summed E-state index contributed by atoms with van der Waals surface area (Å²) in [6.45, 7) is 16.3. The quantitative estimate of drug-likeness (QED) is 0.161. The zero-order chi connectivity index (χ0) is 30.3. The number of nitrogens with zero attached hydrogens (tertiary/aromatic N) is 4. The molecule has 0 saturated heterocycles. The maximum absolute atomic E-state index is 14.9. The van der Waals surface area contributed by atoms with Gasteiger partial charge in [0.25, 0.3) is 5.56 Å². The number of benzene rings is 2. The van der Waals surface area contributed by atoms with Gasteiger partial charge in [0.05, 0.1) is 5.69 Å². The summed E-state index contributed by atoms with van der Waals surface area (Å²) in [6.07, 6.45) is 0.759.